The summed E-state index contributed by atoms with van der Waals surface area (Å²) in [4.78, 5) is 29.8. The summed E-state index contributed by atoms with van der Waals surface area (Å²) in [5.74, 6) is -0.775. The second-order valence-corrected chi connectivity index (χ2v) is 8.45. The van der Waals surface area contributed by atoms with Crippen molar-refractivity contribution in [2.24, 2.45) is 0 Å². The van der Waals surface area contributed by atoms with Crippen molar-refractivity contribution in [2.75, 3.05) is 43.4 Å². The van der Waals surface area contributed by atoms with Crippen LogP contribution in [0.3, 0.4) is 0 Å². The number of piperazine rings is 1. The summed E-state index contributed by atoms with van der Waals surface area (Å²) < 4.78 is 0. The van der Waals surface area contributed by atoms with Crippen molar-refractivity contribution >= 4 is 28.8 Å². The number of amides is 2. The number of nitrogens with zero attached hydrogens (tertiary/aromatic N) is 2. The molecule has 166 valence electrons. The molecule has 1 saturated heterocycles. The lowest BCUT2D eigenvalue weighted by Gasteiger charge is -2.34. The first-order valence-electron chi connectivity index (χ1n) is 11.1. The van der Waals surface area contributed by atoms with Crippen LogP contribution in [0.4, 0.5) is 11.4 Å². The van der Waals surface area contributed by atoms with Crippen LogP contribution >= 0.6 is 0 Å². The molecule has 5 rings (SSSR count). The van der Waals surface area contributed by atoms with Gasteiger partial charge in [-0.3, -0.25) is 14.9 Å². The van der Waals surface area contributed by atoms with Crippen molar-refractivity contribution in [1.29, 1.82) is 0 Å². The molecule has 0 radical (unpaired) electrons. The normalized spacial score (nSPS) is 17.6. The van der Waals surface area contributed by atoms with Gasteiger partial charge >= 0.3 is 0 Å². The van der Waals surface area contributed by atoms with Crippen LogP contribution in [0.5, 0.6) is 0 Å². The quantitative estimate of drug-likeness (QED) is 0.479. The Balaban J connectivity index is 1.40. The van der Waals surface area contributed by atoms with E-state index in [1.807, 2.05) is 54.6 Å². The topological polar surface area (TPSA) is 64.7 Å². The highest BCUT2D eigenvalue weighted by Gasteiger charge is 2.27. The predicted molar refractivity (Wildman–Crippen MR) is 132 cm³/mol. The van der Waals surface area contributed by atoms with Crippen LogP contribution in [-0.4, -0.2) is 49.9 Å². The van der Waals surface area contributed by atoms with E-state index in [2.05, 4.69) is 39.6 Å². The van der Waals surface area contributed by atoms with Crippen LogP contribution in [0, 0.1) is 0 Å². The molecule has 0 atom stereocenters. The molecule has 2 aliphatic rings. The second kappa shape index (κ2) is 8.92. The summed E-state index contributed by atoms with van der Waals surface area (Å²) in [5.41, 5.74) is 5.63. The molecule has 1 fully saturated rings. The monoisotopic (exact) mass is 438 g/mol. The standard InChI is InChI=1S/C27H26N4O2/c1-30-13-15-31(16-14-30)22-10-8-21(9-11-22)28-18-25-24-17-20(19-5-3-2-4-6-19)7-12-23(24)26(32)29-27(25)33/h2-12,17-18,28H,13-16H2,1H3,(H,29,32,33)/b25-18-. The highest BCUT2D eigenvalue weighted by Crippen LogP contribution is 2.30. The summed E-state index contributed by atoms with van der Waals surface area (Å²) in [6.45, 7) is 4.15. The van der Waals surface area contributed by atoms with Gasteiger partial charge in [0.2, 0.25) is 0 Å². The molecule has 2 N–H and O–H groups in total. The fraction of sp³-hybridized carbons (Fsp3) is 0.185. The molecule has 6 nitrogen and oxygen atoms in total. The molecule has 0 aromatic heterocycles. The fourth-order valence-corrected chi connectivity index (χ4v) is 4.27. The van der Waals surface area contributed by atoms with Crippen LogP contribution in [-0.2, 0) is 4.79 Å². The molecule has 6 heteroatoms. The average molecular weight is 439 g/mol. The number of carbonyl (C=O) groups excluding carboxylic acids is 2. The molecule has 2 amide bonds. The first kappa shape index (κ1) is 21.0. The highest BCUT2D eigenvalue weighted by atomic mass is 16.2. The van der Waals surface area contributed by atoms with E-state index < -0.39 is 5.91 Å². The van der Waals surface area contributed by atoms with Crippen LogP contribution in [0.15, 0.2) is 79.0 Å². The number of hydrogen-bond acceptors (Lipinski definition) is 5. The largest absolute Gasteiger partial charge is 0.369 e. The van der Waals surface area contributed by atoms with Crippen molar-refractivity contribution in [3.8, 4) is 11.1 Å². The third-order valence-corrected chi connectivity index (χ3v) is 6.25. The van der Waals surface area contributed by atoms with E-state index in [-0.39, 0.29) is 5.91 Å². The number of carbonyl (C=O) groups is 2. The summed E-state index contributed by atoms with van der Waals surface area (Å²) in [5, 5.41) is 5.68. The lowest BCUT2D eigenvalue weighted by molar-refractivity contribution is -0.114. The summed E-state index contributed by atoms with van der Waals surface area (Å²) >= 11 is 0. The van der Waals surface area contributed by atoms with Gasteiger partial charge in [0.1, 0.15) is 0 Å². The number of benzene rings is 3. The summed E-state index contributed by atoms with van der Waals surface area (Å²) in [6.07, 6.45) is 1.68. The minimum absolute atomic E-state index is 0.372. The van der Waals surface area contributed by atoms with Gasteiger partial charge in [-0.05, 0) is 54.6 Å². The van der Waals surface area contributed by atoms with Crippen LogP contribution in [0.2, 0.25) is 0 Å². The second-order valence-electron chi connectivity index (χ2n) is 8.45. The minimum atomic E-state index is -0.403. The Morgan fingerprint density at radius 3 is 2.24 bits per heavy atom. The number of nitrogens with one attached hydrogen (secondary N) is 2. The maximum Gasteiger partial charge on any atom is 0.260 e. The molecule has 2 heterocycles. The van der Waals surface area contributed by atoms with Crippen molar-refractivity contribution in [1.82, 2.24) is 10.2 Å². The molecule has 3 aromatic rings. The zero-order valence-electron chi connectivity index (χ0n) is 18.5. The van der Waals surface area contributed by atoms with Crippen molar-refractivity contribution in [2.45, 2.75) is 0 Å². The smallest absolute Gasteiger partial charge is 0.260 e. The van der Waals surface area contributed by atoms with E-state index in [0.29, 0.717) is 16.7 Å². The summed E-state index contributed by atoms with van der Waals surface area (Å²) in [7, 11) is 2.15. The van der Waals surface area contributed by atoms with Gasteiger partial charge in [-0.2, -0.15) is 0 Å². The van der Waals surface area contributed by atoms with Gasteiger partial charge in [-0.15, -0.1) is 0 Å². The Morgan fingerprint density at radius 1 is 0.788 bits per heavy atom. The lowest BCUT2D eigenvalue weighted by Crippen LogP contribution is -2.44. The Kier molecular flexibility index (Phi) is 5.67. The highest BCUT2D eigenvalue weighted by molar-refractivity contribution is 6.31. The van der Waals surface area contributed by atoms with E-state index in [0.717, 1.165) is 43.0 Å². The molecular formula is C27H26N4O2. The van der Waals surface area contributed by atoms with Gasteiger partial charge in [0.25, 0.3) is 11.8 Å². The Labute approximate surface area is 193 Å². The molecule has 3 aromatic carbocycles. The molecular weight excluding hydrogens is 412 g/mol. The summed E-state index contributed by atoms with van der Waals surface area (Å²) in [6, 6.07) is 23.7. The number of hydrogen-bond donors (Lipinski definition) is 2. The molecule has 0 bridgehead atoms. The van der Waals surface area contributed by atoms with Gasteiger partial charge in [0, 0.05) is 54.9 Å². The van der Waals surface area contributed by atoms with Crippen LogP contribution in [0.25, 0.3) is 16.7 Å². The fourth-order valence-electron chi connectivity index (χ4n) is 4.27. The van der Waals surface area contributed by atoms with Crippen molar-refractivity contribution in [3.05, 3.63) is 90.1 Å². The number of rotatable bonds is 4. The van der Waals surface area contributed by atoms with E-state index in [4.69, 9.17) is 0 Å². The van der Waals surface area contributed by atoms with Gasteiger partial charge in [0.05, 0.1) is 5.57 Å². The number of imide groups is 1. The maximum atomic E-state index is 12.7. The van der Waals surface area contributed by atoms with Crippen molar-refractivity contribution in [3.63, 3.8) is 0 Å². The van der Waals surface area contributed by atoms with E-state index >= 15 is 0 Å². The average Bonchev–Trinajstić information content (AvgIpc) is 2.85. The Morgan fingerprint density at radius 2 is 1.52 bits per heavy atom. The lowest BCUT2D eigenvalue weighted by atomic mass is 9.91. The molecule has 0 unspecified atom stereocenters. The predicted octanol–water partition coefficient (Wildman–Crippen LogP) is 3.83. The molecule has 2 aliphatic heterocycles. The van der Waals surface area contributed by atoms with E-state index in [9.17, 15) is 9.59 Å². The van der Waals surface area contributed by atoms with Gasteiger partial charge in [-0.25, -0.2) is 0 Å². The molecule has 0 aliphatic carbocycles. The van der Waals surface area contributed by atoms with E-state index in [1.165, 1.54) is 5.69 Å². The Bertz CT molecular complexity index is 1210. The number of fused-ring (bicyclic) bond motifs is 1. The molecule has 0 spiro atoms. The van der Waals surface area contributed by atoms with Gasteiger partial charge < -0.3 is 15.1 Å². The SMILES string of the molecule is CN1CCN(c2ccc(N/C=C3\C(=O)NC(=O)c4ccc(-c5ccccc5)cc43)cc2)CC1. The first-order valence-corrected chi connectivity index (χ1v) is 11.1. The zero-order valence-corrected chi connectivity index (χ0v) is 18.5. The minimum Gasteiger partial charge on any atom is -0.369 e. The third kappa shape index (κ3) is 4.38. The molecule has 33 heavy (non-hydrogen) atoms. The van der Waals surface area contributed by atoms with Crippen LogP contribution in [0.1, 0.15) is 15.9 Å². The maximum absolute atomic E-state index is 12.7. The zero-order chi connectivity index (χ0) is 22.8. The van der Waals surface area contributed by atoms with Crippen LogP contribution < -0.4 is 15.5 Å². The van der Waals surface area contributed by atoms with Gasteiger partial charge in [-0.1, -0.05) is 36.4 Å². The number of anilines is 2. The number of likely N-dealkylation sites (N-methyl/N-ethyl adjacent to an activating group) is 1. The molecule has 0 saturated carbocycles. The Hall–Kier alpha value is -3.90. The van der Waals surface area contributed by atoms with E-state index in [1.54, 1.807) is 12.3 Å². The first-order chi connectivity index (χ1) is 16.1. The third-order valence-electron chi connectivity index (χ3n) is 6.25. The van der Waals surface area contributed by atoms with Crippen molar-refractivity contribution < 1.29 is 9.59 Å². The van der Waals surface area contributed by atoms with Gasteiger partial charge in [0.15, 0.2) is 0 Å².